The zero-order valence-corrected chi connectivity index (χ0v) is 13.3. The van der Waals surface area contributed by atoms with E-state index in [1.165, 1.54) is 64.5 Å². The number of hydrogen-bond donors (Lipinski definition) is 1. The van der Waals surface area contributed by atoms with E-state index in [-0.39, 0.29) is 0 Å². The molecule has 4 unspecified atom stereocenters. The molecule has 1 aliphatic heterocycles. The van der Waals surface area contributed by atoms with Crippen LogP contribution >= 0.6 is 0 Å². The van der Waals surface area contributed by atoms with E-state index in [9.17, 15) is 0 Å². The molecule has 0 spiro atoms. The van der Waals surface area contributed by atoms with Gasteiger partial charge in [-0.05, 0) is 64.0 Å². The van der Waals surface area contributed by atoms with Gasteiger partial charge in [0, 0.05) is 18.1 Å². The minimum Gasteiger partial charge on any atom is -0.312 e. The normalized spacial score (nSPS) is 36.8. The SMILES string of the molecule is CCCNC1CCC(CC)CC1N1CCCC1CC. The molecule has 19 heavy (non-hydrogen) atoms. The molecule has 0 bridgehead atoms. The minimum absolute atomic E-state index is 0.759. The smallest absolute Gasteiger partial charge is 0.0254 e. The van der Waals surface area contributed by atoms with Gasteiger partial charge in [-0.2, -0.15) is 0 Å². The molecule has 4 atom stereocenters. The maximum absolute atomic E-state index is 3.85. The Morgan fingerprint density at radius 1 is 1.05 bits per heavy atom. The summed E-state index contributed by atoms with van der Waals surface area (Å²) in [5.74, 6) is 0.975. The fourth-order valence-corrected chi connectivity index (χ4v) is 4.27. The molecule has 2 aliphatic rings. The summed E-state index contributed by atoms with van der Waals surface area (Å²) in [6.45, 7) is 9.58. The lowest BCUT2D eigenvalue weighted by atomic mass is 9.80. The van der Waals surface area contributed by atoms with Crippen LogP contribution in [0.5, 0.6) is 0 Å². The van der Waals surface area contributed by atoms with Crippen molar-refractivity contribution in [3.63, 3.8) is 0 Å². The summed E-state index contributed by atoms with van der Waals surface area (Å²) in [7, 11) is 0. The first-order valence-electron chi connectivity index (χ1n) is 8.79. The Labute approximate surface area is 120 Å². The summed E-state index contributed by atoms with van der Waals surface area (Å²) in [6.07, 6.45) is 11.1. The Hall–Kier alpha value is -0.0800. The lowest BCUT2D eigenvalue weighted by molar-refractivity contribution is 0.0835. The Bertz CT molecular complexity index is 254. The molecule has 0 aromatic heterocycles. The highest BCUT2D eigenvalue weighted by Gasteiger charge is 2.37. The fourth-order valence-electron chi connectivity index (χ4n) is 4.27. The summed E-state index contributed by atoms with van der Waals surface area (Å²) in [5, 5.41) is 3.85. The zero-order chi connectivity index (χ0) is 13.7. The third-order valence-electron chi connectivity index (χ3n) is 5.48. The van der Waals surface area contributed by atoms with Gasteiger partial charge in [0.2, 0.25) is 0 Å². The van der Waals surface area contributed by atoms with E-state index in [2.05, 4.69) is 31.0 Å². The molecule has 1 saturated heterocycles. The van der Waals surface area contributed by atoms with E-state index in [1.807, 2.05) is 0 Å². The first kappa shape index (κ1) is 15.3. The summed E-state index contributed by atoms with van der Waals surface area (Å²) in [6, 6.07) is 2.44. The third-order valence-corrected chi connectivity index (χ3v) is 5.48. The molecule has 1 aliphatic carbocycles. The van der Waals surface area contributed by atoms with Crippen molar-refractivity contribution in [2.75, 3.05) is 13.1 Å². The maximum Gasteiger partial charge on any atom is 0.0254 e. The fraction of sp³-hybridized carbons (Fsp3) is 1.00. The van der Waals surface area contributed by atoms with Crippen LogP contribution in [0.15, 0.2) is 0 Å². The maximum atomic E-state index is 3.85. The van der Waals surface area contributed by atoms with E-state index in [0.29, 0.717) is 0 Å². The highest BCUT2D eigenvalue weighted by Crippen LogP contribution is 2.34. The molecule has 2 heteroatoms. The van der Waals surface area contributed by atoms with E-state index in [1.54, 1.807) is 0 Å². The van der Waals surface area contributed by atoms with Crippen LogP contribution in [-0.2, 0) is 0 Å². The van der Waals surface area contributed by atoms with Crippen molar-refractivity contribution in [1.29, 1.82) is 0 Å². The van der Waals surface area contributed by atoms with Crippen LogP contribution in [0.3, 0.4) is 0 Å². The average molecular weight is 266 g/mol. The number of likely N-dealkylation sites (tertiary alicyclic amines) is 1. The predicted molar refractivity (Wildman–Crippen MR) is 83.5 cm³/mol. The van der Waals surface area contributed by atoms with Crippen molar-refractivity contribution in [2.45, 2.75) is 90.3 Å². The van der Waals surface area contributed by atoms with Gasteiger partial charge in [-0.1, -0.05) is 27.2 Å². The second-order valence-corrected chi connectivity index (χ2v) is 6.66. The van der Waals surface area contributed by atoms with Crippen molar-refractivity contribution in [1.82, 2.24) is 10.2 Å². The van der Waals surface area contributed by atoms with E-state index in [0.717, 1.165) is 24.0 Å². The van der Waals surface area contributed by atoms with Gasteiger partial charge in [0.05, 0.1) is 0 Å². The second kappa shape index (κ2) is 7.64. The second-order valence-electron chi connectivity index (χ2n) is 6.66. The molecule has 2 nitrogen and oxygen atoms in total. The van der Waals surface area contributed by atoms with Gasteiger partial charge in [-0.25, -0.2) is 0 Å². The average Bonchev–Trinajstić information content (AvgIpc) is 2.93. The van der Waals surface area contributed by atoms with E-state index < -0.39 is 0 Å². The largest absolute Gasteiger partial charge is 0.312 e. The van der Waals surface area contributed by atoms with Crippen molar-refractivity contribution in [2.24, 2.45) is 5.92 Å². The van der Waals surface area contributed by atoms with Crippen molar-refractivity contribution < 1.29 is 0 Å². The Morgan fingerprint density at radius 3 is 2.58 bits per heavy atom. The van der Waals surface area contributed by atoms with Gasteiger partial charge >= 0.3 is 0 Å². The van der Waals surface area contributed by atoms with Gasteiger partial charge in [-0.3, -0.25) is 4.90 Å². The highest BCUT2D eigenvalue weighted by molar-refractivity contribution is 4.95. The van der Waals surface area contributed by atoms with Gasteiger partial charge in [0.15, 0.2) is 0 Å². The van der Waals surface area contributed by atoms with Crippen molar-refractivity contribution in [3.8, 4) is 0 Å². The van der Waals surface area contributed by atoms with Crippen LogP contribution in [0.25, 0.3) is 0 Å². The van der Waals surface area contributed by atoms with Crippen molar-refractivity contribution in [3.05, 3.63) is 0 Å². The first-order chi connectivity index (χ1) is 9.30. The molecule has 1 N–H and O–H groups in total. The van der Waals surface area contributed by atoms with Gasteiger partial charge in [0.25, 0.3) is 0 Å². The Kier molecular flexibility index (Phi) is 6.15. The van der Waals surface area contributed by atoms with Crippen molar-refractivity contribution >= 4 is 0 Å². The molecule has 0 amide bonds. The number of rotatable bonds is 6. The van der Waals surface area contributed by atoms with E-state index >= 15 is 0 Å². The first-order valence-corrected chi connectivity index (χ1v) is 8.79. The summed E-state index contributed by atoms with van der Waals surface area (Å²) in [5.41, 5.74) is 0. The van der Waals surface area contributed by atoms with Crippen LogP contribution in [0.1, 0.15) is 72.1 Å². The number of nitrogens with zero attached hydrogens (tertiary/aromatic N) is 1. The molecule has 1 saturated carbocycles. The van der Waals surface area contributed by atoms with Crippen LogP contribution in [0.4, 0.5) is 0 Å². The molecular weight excluding hydrogens is 232 g/mol. The lowest BCUT2D eigenvalue weighted by Crippen LogP contribution is -2.54. The topological polar surface area (TPSA) is 15.3 Å². The predicted octanol–water partition coefficient (Wildman–Crippen LogP) is 3.81. The highest BCUT2D eigenvalue weighted by atomic mass is 15.2. The zero-order valence-electron chi connectivity index (χ0n) is 13.3. The molecule has 2 fully saturated rings. The third kappa shape index (κ3) is 3.72. The quantitative estimate of drug-likeness (QED) is 0.786. The van der Waals surface area contributed by atoms with Gasteiger partial charge in [-0.15, -0.1) is 0 Å². The van der Waals surface area contributed by atoms with Gasteiger partial charge < -0.3 is 5.32 Å². The van der Waals surface area contributed by atoms with E-state index in [4.69, 9.17) is 0 Å². The number of nitrogens with one attached hydrogen (secondary N) is 1. The molecular formula is C17H34N2. The standard InChI is InChI=1S/C17H34N2/c1-4-11-18-16-10-9-14(5-2)13-17(16)19-12-7-8-15(19)6-3/h14-18H,4-13H2,1-3H3. The monoisotopic (exact) mass is 266 g/mol. The molecule has 0 radical (unpaired) electrons. The summed E-state index contributed by atoms with van der Waals surface area (Å²) >= 11 is 0. The molecule has 2 rings (SSSR count). The van der Waals surface area contributed by atoms with Crippen LogP contribution < -0.4 is 5.32 Å². The van der Waals surface area contributed by atoms with Crippen LogP contribution in [0.2, 0.25) is 0 Å². The van der Waals surface area contributed by atoms with Crippen LogP contribution in [0, 0.1) is 5.92 Å². The number of hydrogen-bond acceptors (Lipinski definition) is 2. The van der Waals surface area contributed by atoms with Crippen LogP contribution in [-0.4, -0.2) is 36.1 Å². The molecule has 0 aromatic rings. The molecule has 0 aromatic carbocycles. The summed E-state index contributed by atoms with van der Waals surface area (Å²) in [4.78, 5) is 2.87. The lowest BCUT2D eigenvalue weighted by Gasteiger charge is -2.44. The molecule has 112 valence electrons. The Balaban J connectivity index is 2.01. The Morgan fingerprint density at radius 2 is 1.89 bits per heavy atom. The molecule has 1 heterocycles. The van der Waals surface area contributed by atoms with Gasteiger partial charge in [0.1, 0.15) is 0 Å². The minimum atomic E-state index is 0.759. The summed E-state index contributed by atoms with van der Waals surface area (Å²) < 4.78 is 0.